The molecule has 29 heavy (non-hydrogen) atoms. The number of likely N-dealkylation sites (N-methyl/N-ethyl adjacent to an activating group) is 1. The molecule has 4 N–H and O–H groups in total. The van der Waals surface area contributed by atoms with Crippen molar-refractivity contribution >= 4 is 34.7 Å². The predicted octanol–water partition coefficient (Wildman–Crippen LogP) is 1.29. The summed E-state index contributed by atoms with van der Waals surface area (Å²) < 4.78 is 1.25. The highest BCUT2D eigenvalue weighted by Crippen LogP contribution is 2.19. The van der Waals surface area contributed by atoms with Gasteiger partial charge in [0.05, 0.1) is 18.8 Å². The quantitative estimate of drug-likeness (QED) is 0.522. The van der Waals surface area contributed by atoms with Gasteiger partial charge in [0, 0.05) is 13.2 Å². The largest absolute Gasteiger partial charge is 0.383 e. The van der Waals surface area contributed by atoms with Gasteiger partial charge in [-0.25, -0.2) is 9.78 Å². The summed E-state index contributed by atoms with van der Waals surface area (Å²) in [4.78, 5) is 44.5. The summed E-state index contributed by atoms with van der Waals surface area (Å²) in [7, 11) is 1.53. The van der Waals surface area contributed by atoms with Gasteiger partial charge in [-0.2, -0.15) is 0 Å². The molecule has 0 saturated heterocycles. The van der Waals surface area contributed by atoms with E-state index in [1.807, 2.05) is 30.3 Å². The Kier molecular flexibility index (Phi) is 5.99. The second-order valence-electron chi connectivity index (χ2n) is 6.31. The van der Waals surface area contributed by atoms with E-state index in [1.165, 1.54) is 22.7 Å². The number of amides is 1. The highest BCUT2D eigenvalue weighted by molar-refractivity contribution is 6.32. The third-order valence-electron chi connectivity index (χ3n) is 4.19. The van der Waals surface area contributed by atoms with Crippen molar-refractivity contribution in [2.24, 2.45) is 0 Å². The van der Waals surface area contributed by atoms with Crippen LogP contribution in [-0.2, 0) is 11.3 Å². The van der Waals surface area contributed by atoms with Gasteiger partial charge in [0.2, 0.25) is 5.91 Å². The average molecular weight is 415 g/mol. The van der Waals surface area contributed by atoms with Crippen LogP contribution in [0.15, 0.2) is 58.3 Å². The second-order valence-corrected chi connectivity index (χ2v) is 6.67. The number of nitrogens with two attached hydrogens (primary N) is 1. The fraction of sp³-hybridized carbons (Fsp3) is 0.158. The predicted molar refractivity (Wildman–Crippen MR) is 112 cm³/mol. The van der Waals surface area contributed by atoms with E-state index in [2.05, 4.69) is 15.3 Å². The van der Waals surface area contributed by atoms with Gasteiger partial charge in [0.15, 0.2) is 5.15 Å². The second kappa shape index (κ2) is 8.61. The minimum absolute atomic E-state index is 0.0213. The molecule has 0 aliphatic carbocycles. The highest BCUT2D eigenvalue weighted by atomic mass is 35.5. The lowest BCUT2D eigenvalue weighted by atomic mass is 10.2. The van der Waals surface area contributed by atoms with Gasteiger partial charge < -0.3 is 16.0 Å². The Balaban J connectivity index is 1.84. The molecular weight excluding hydrogens is 396 g/mol. The Bertz CT molecular complexity index is 1140. The van der Waals surface area contributed by atoms with Crippen molar-refractivity contribution in [3.05, 3.63) is 80.2 Å². The number of carbonyl (C=O) groups excluding carboxylic acids is 1. The fourth-order valence-electron chi connectivity index (χ4n) is 2.83. The molecule has 3 aromatic rings. The van der Waals surface area contributed by atoms with Gasteiger partial charge in [-0.1, -0.05) is 41.9 Å². The van der Waals surface area contributed by atoms with Crippen LogP contribution < -0.4 is 27.2 Å². The standard InChI is InChI=1S/C19H19ClN6O3/c1-25(11-14(27)23-13-8-5-9-22-16(13)20)15-17(21)26(19(29)24-18(15)28)10-12-6-3-2-4-7-12/h2-9H,10-11,21H2,1H3,(H,23,27)(H,24,28,29). The zero-order valence-electron chi connectivity index (χ0n) is 15.6. The van der Waals surface area contributed by atoms with Crippen LogP contribution in [0, 0.1) is 0 Å². The van der Waals surface area contributed by atoms with Gasteiger partial charge in [0.1, 0.15) is 11.5 Å². The number of carbonyl (C=O) groups is 1. The van der Waals surface area contributed by atoms with Crippen molar-refractivity contribution in [2.75, 3.05) is 29.5 Å². The molecule has 0 aliphatic rings. The molecule has 0 aliphatic heterocycles. The molecule has 2 aromatic heterocycles. The molecule has 0 fully saturated rings. The average Bonchev–Trinajstić information content (AvgIpc) is 2.67. The first-order valence-corrected chi connectivity index (χ1v) is 9.02. The van der Waals surface area contributed by atoms with Crippen LogP contribution in [0.25, 0.3) is 0 Å². The van der Waals surface area contributed by atoms with Gasteiger partial charge in [-0.15, -0.1) is 0 Å². The van der Waals surface area contributed by atoms with Crippen LogP contribution in [0.5, 0.6) is 0 Å². The Hall–Kier alpha value is -3.59. The lowest BCUT2D eigenvalue weighted by molar-refractivity contribution is -0.114. The van der Waals surface area contributed by atoms with Crippen molar-refractivity contribution in [3.63, 3.8) is 0 Å². The summed E-state index contributed by atoms with van der Waals surface area (Å²) >= 11 is 5.94. The molecule has 150 valence electrons. The summed E-state index contributed by atoms with van der Waals surface area (Å²) in [6, 6.07) is 12.4. The normalized spacial score (nSPS) is 10.6. The summed E-state index contributed by atoms with van der Waals surface area (Å²) in [5.74, 6) is -0.459. The molecule has 0 bridgehead atoms. The molecule has 3 rings (SSSR count). The number of hydrogen-bond acceptors (Lipinski definition) is 6. The maximum absolute atomic E-state index is 12.4. The van der Waals surface area contributed by atoms with Gasteiger partial charge in [-0.3, -0.25) is 19.1 Å². The highest BCUT2D eigenvalue weighted by Gasteiger charge is 2.19. The SMILES string of the molecule is CN(CC(=O)Nc1cccnc1Cl)c1c(N)n(Cc2ccccc2)c(=O)[nH]c1=O. The smallest absolute Gasteiger partial charge is 0.330 e. The van der Waals surface area contributed by atoms with E-state index in [0.717, 1.165) is 5.56 Å². The molecule has 0 saturated carbocycles. The number of rotatable bonds is 6. The molecule has 0 radical (unpaired) electrons. The summed E-state index contributed by atoms with van der Waals surface area (Å²) in [6.45, 7) is -0.0113. The molecule has 1 aromatic carbocycles. The number of benzene rings is 1. The molecule has 0 unspecified atom stereocenters. The molecule has 0 spiro atoms. The van der Waals surface area contributed by atoms with Crippen molar-refractivity contribution in [2.45, 2.75) is 6.54 Å². The van der Waals surface area contributed by atoms with Crippen molar-refractivity contribution in [1.29, 1.82) is 0 Å². The third-order valence-corrected chi connectivity index (χ3v) is 4.49. The van der Waals surface area contributed by atoms with Crippen LogP contribution in [0.3, 0.4) is 0 Å². The molecule has 10 heteroatoms. The van der Waals surface area contributed by atoms with Crippen molar-refractivity contribution < 1.29 is 4.79 Å². The molecule has 9 nitrogen and oxygen atoms in total. The Morgan fingerprint density at radius 1 is 1.24 bits per heavy atom. The summed E-state index contributed by atoms with van der Waals surface area (Å²) in [5.41, 5.74) is 6.04. The maximum Gasteiger partial charge on any atom is 0.330 e. The van der Waals surface area contributed by atoms with Crippen LogP contribution in [-0.4, -0.2) is 34.0 Å². The van der Waals surface area contributed by atoms with Crippen LogP contribution in [0.4, 0.5) is 17.2 Å². The van der Waals surface area contributed by atoms with E-state index in [-0.39, 0.29) is 29.7 Å². The van der Waals surface area contributed by atoms with E-state index in [9.17, 15) is 14.4 Å². The zero-order valence-corrected chi connectivity index (χ0v) is 16.3. The first-order chi connectivity index (χ1) is 13.9. The van der Waals surface area contributed by atoms with Crippen molar-refractivity contribution in [3.8, 4) is 0 Å². The third kappa shape index (κ3) is 4.64. The number of H-pyrrole nitrogens is 1. The number of nitrogens with one attached hydrogen (secondary N) is 2. The lowest BCUT2D eigenvalue weighted by Crippen LogP contribution is -2.39. The van der Waals surface area contributed by atoms with Gasteiger partial charge in [-0.05, 0) is 17.7 Å². The molecule has 1 amide bonds. The van der Waals surface area contributed by atoms with Crippen molar-refractivity contribution in [1.82, 2.24) is 14.5 Å². The number of halogens is 1. The van der Waals surface area contributed by atoms with Crippen LogP contribution in [0.2, 0.25) is 5.15 Å². The topological polar surface area (TPSA) is 126 Å². The Morgan fingerprint density at radius 2 is 1.97 bits per heavy atom. The van der Waals surface area contributed by atoms with Gasteiger partial charge in [0.25, 0.3) is 5.56 Å². The van der Waals surface area contributed by atoms with Gasteiger partial charge >= 0.3 is 5.69 Å². The molecule has 2 heterocycles. The number of nitrogens with zero attached hydrogens (tertiary/aromatic N) is 3. The number of aromatic nitrogens is 3. The molecule has 0 atom stereocenters. The van der Waals surface area contributed by atoms with Crippen LogP contribution >= 0.6 is 11.6 Å². The number of aromatic amines is 1. The first-order valence-electron chi connectivity index (χ1n) is 8.65. The minimum atomic E-state index is -0.675. The van der Waals surface area contributed by atoms with Crippen LogP contribution in [0.1, 0.15) is 5.56 Å². The zero-order chi connectivity index (χ0) is 21.0. The number of pyridine rings is 1. The molecular formula is C19H19ClN6O3. The first kappa shape index (κ1) is 20.2. The Labute approximate surface area is 170 Å². The monoisotopic (exact) mass is 414 g/mol. The van der Waals surface area contributed by atoms with E-state index < -0.39 is 17.2 Å². The Morgan fingerprint density at radius 3 is 2.66 bits per heavy atom. The fourth-order valence-corrected chi connectivity index (χ4v) is 3.00. The summed E-state index contributed by atoms with van der Waals surface area (Å²) in [5, 5.41) is 2.77. The number of anilines is 3. The lowest BCUT2D eigenvalue weighted by Gasteiger charge is -2.21. The number of nitrogen functional groups attached to an aromatic ring is 1. The minimum Gasteiger partial charge on any atom is -0.383 e. The van der Waals surface area contributed by atoms with E-state index in [4.69, 9.17) is 17.3 Å². The van der Waals surface area contributed by atoms with E-state index in [1.54, 1.807) is 12.1 Å². The van der Waals surface area contributed by atoms with E-state index >= 15 is 0 Å². The van der Waals surface area contributed by atoms with E-state index in [0.29, 0.717) is 5.69 Å². The maximum atomic E-state index is 12.4. The number of hydrogen-bond donors (Lipinski definition) is 3. The summed E-state index contributed by atoms with van der Waals surface area (Å²) in [6.07, 6.45) is 1.50.